The monoisotopic (exact) mass is 379 g/mol. The summed E-state index contributed by atoms with van der Waals surface area (Å²) in [6, 6.07) is 4.67. The summed E-state index contributed by atoms with van der Waals surface area (Å²) < 4.78 is 0. The summed E-state index contributed by atoms with van der Waals surface area (Å²) in [7, 11) is 0. The van der Waals surface area contributed by atoms with Crippen LogP contribution < -0.4 is 5.73 Å². The van der Waals surface area contributed by atoms with E-state index >= 15 is 0 Å². The third-order valence-corrected chi connectivity index (χ3v) is 4.41. The molecular weight excluding hydrogens is 354 g/mol. The zero-order valence-electron chi connectivity index (χ0n) is 13.4. The lowest BCUT2D eigenvalue weighted by atomic mass is 9.90. The second kappa shape index (κ2) is 9.15. The van der Waals surface area contributed by atoms with Gasteiger partial charge in [0, 0.05) is 18.6 Å². The zero-order chi connectivity index (χ0) is 15.2. The van der Waals surface area contributed by atoms with Gasteiger partial charge in [0.25, 0.3) is 0 Å². The lowest BCUT2D eigenvalue weighted by Gasteiger charge is -2.34. The van der Waals surface area contributed by atoms with Crippen molar-refractivity contribution >= 4 is 17.0 Å². The number of nitrogens with one attached hydrogen (secondary N) is 1. The van der Waals surface area contributed by atoms with Gasteiger partial charge in [-0.25, -0.2) is 4.98 Å². The van der Waals surface area contributed by atoms with Crippen LogP contribution in [0.5, 0.6) is 0 Å². The fourth-order valence-corrected chi connectivity index (χ4v) is 3.32. The molecule has 0 amide bonds. The summed E-state index contributed by atoms with van der Waals surface area (Å²) in [6.07, 6.45) is 11.4. The molecule has 0 spiro atoms. The Labute approximate surface area is 148 Å². The molecule has 2 aromatic rings. The number of hydrogen-bond acceptors (Lipinski definition) is 4. The molecule has 2 aromatic heterocycles. The molecule has 0 bridgehead atoms. The maximum absolute atomic E-state index is 5.66. The van der Waals surface area contributed by atoms with Crippen molar-refractivity contribution in [1.82, 2.24) is 19.9 Å². The number of pyridine rings is 1. The smallest absolute Gasteiger partial charge is 0.120 e. The highest BCUT2D eigenvalue weighted by atomic mass is 79.9. The first-order valence-electron chi connectivity index (χ1n) is 8.24. The van der Waals surface area contributed by atoms with Gasteiger partial charge in [0.1, 0.15) is 5.82 Å². The summed E-state index contributed by atoms with van der Waals surface area (Å²) in [5.74, 6) is 1.02. The van der Waals surface area contributed by atoms with E-state index in [0.29, 0.717) is 6.04 Å². The molecule has 23 heavy (non-hydrogen) atoms. The number of aromatic amines is 1. The van der Waals surface area contributed by atoms with Crippen LogP contribution in [0.1, 0.15) is 48.8 Å². The van der Waals surface area contributed by atoms with Gasteiger partial charge in [0.2, 0.25) is 0 Å². The van der Waals surface area contributed by atoms with Crippen molar-refractivity contribution < 1.29 is 0 Å². The molecule has 0 aromatic carbocycles. The predicted molar refractivity (Wildman–Crippen MR) is 97.5 cm³/mol. The molecule has 3 rings (SSSR count). The Hall–Kier alpha value is -1.24. The Morgan fingerprint density at radius 3 is 2.96 bits per heavy atom. The number of rotatable bonds is 7. The summed E-state index contributed by atoms with van der Waals surface area (Å²) in [5, 5.41) is 0. The number of fused-ring (bicyclic) bond motifs is 1. The molecule has 6 heteroatoms. The molecule has 0 radical (unpaired) electrons. The maximum atomic E-state index is 5.66. The van der Waals surface area contributed by atoms with Gasteiger partial charge in [0.05, 0.1) is 18.3 Å². The van der Waals surface area contributed by atoms with E-state index < -0.39 is 0 Å². The van der Waals surface area contributed by atoms with E-state index in [0.717, 1.165) is 44.7 Å². The van der Waals surface area contributed by atoms with E-state index in [1.165, 1.54) is 24.1 Å². The first-order valence-corrected chi connectivity index (χ1v) is 8.24. The van der Waals surface area contributed by atoms with E-state index in [1.54, 1.807) is 0 Å². The fourth-order valence-electron chi connectivity index (χ4n) is 3.32. The van der Waals surface area contributed by atoms with Crippen LogP contribution >= 0.6 is 17.0 Å². The van der Waals surface area contributed by atoms with Gasteiger partial charge in [0.15, 0.2) is 0 Å². The van der Waals surface area contributed by atoms with Crippen molar-refractivity contribution in [1.29, 1.82) is 0 Å². The molecule has 0 saturated heterocycles. The predicted octanol–water partition coefficient (Wildman–Crippen LogP) is 3.00. The average molecular weight is 380 g/mol. The van der Waals surface area contributed by atoms with Crippen LogP contribution in [0.2, 0.25) is 0 Å². The van der Waals surface area contributed by atoms with Crippen LogP contribution in [0.25, 0.3) is 0 Å². The van der Waals surface area contributed by atoms with Gasteiger partial charge in [-0.1, -0.05) is 6.07 Å². The number of nitrogens with zero attached hydrogens (tertiary/aromatic N) is 3. The minimum absolute atomic E-state index is 0. The van der Waals surface area contributed by atoms with Crippen molar-refractivity contribution in [3.8, 4) is 0 Å². The minimum Gasteiger partial charge on any atom is -0.348 e. The fraction of sp³-hybridized carbons (Fsp3) is 0.529. The lowest BCUT2D eigenvalue weighted by molar-refractivity contribution is 0.159. The normalized spacial score (nSPS) is 16.9. The zero-order valence-corrected chi connectivity index (χ0v) is 15.2. The van der Waals surface area contributed by atoms with Gasteiger partial charge in [-0.15, -0.1) is 17.0 Å². The Morgan fingerprint density at radius 1 is 1.26 bits per heavy atom. The molecular formula is C17H26BrN5. The number of halogens is 1. The molecule has 1 unspecified atom stereocenters. The highest BCUT2D eigenvalue weighted by Crippen LogP contribution is 2.33. The van der Waals surface area contributed by atoms with Crippen LogP contribution in [-0.4, -0.2) is 32.9 Å². The van der Waals surface area contributed by atoms with Crippen LogP contribution in [-0.2, 0) is 13.0 Å². The summed E-state index contributed by atoms with van der Waals surface area (Å²) in [5.41, 5.74) is 8.32. The van der Waals surface area contributed by atoms with Gasteiger partial charge in [-0.05, 0) is 56.8 Å². The topological polar surface area (TPSA) is 70.8 Å². The van der Waals surface area contributed by atoms with Crippen molar-refractivity contribution in [3.05, 3.63) is 47.8 Å². The number of aryl methyl sites for hydroxylation is 1. The van der Waals surface area contributed by atoms with Crippen molar-refractivity contribution in [2.45, 2.75) is 44.7 Å². The molecule has 1 aliphatic carbocycles. The van der Waals surface area contributed by atoms with Gasteiger partial charge in [-0.2, -0.15) is 0 Å². The molecule has 0 aliphatic heterocycles. The molecule has 0 fully saturated rings. The van der Waals surface area contributed by atoms with Gasteiger partial charge < -0.3 is 10.7 Å². The Bertz CT molecular complexity index is 572. The number of nitrogens with two attached hydrogens (primary N) is 1. The van der Waals surface area contributed by atoms with E-state index in [1.807, 2.05) is 24.7 Å². The third kappa shape index (κ3) is 4.62. The largest absolute Gasteiger partial charge is 0.348 e. The van der Waals surface area contributed by atoms with E-state index in [-0.39, 0.29) is 17.0 Å². The molecule has 1 aliphatic rings. The quantitative estimate of drug-likeness (QED) is 0.725. The van der Waals surface area contributed by atoms with E-state index in [4.69, 9.17) is 5.73 Å². The Morgan fingerprint density at radius 2 is 2.17 bits per heavy atom. The third-order valence-electron chi connectivity index (χ3n) is 4.41. The molecule has 126 valence electrons. The van der Waals surface area contributed by atoms with Crippen LogP contribution in [0.15, 0.2) is 30.7 Å². The van der Waals surface area contributed by atoms with Crippen LogP contribution in [0, 0.1) is 0 Å². The molecule has 1 atom stereocenters. The van der Waals surface area contributed by atoms with Gasteiger partial charge >= 0.3 is 0 Å². The maximum Gasteiger partial charge on any atom is 0.120 e. The highest BCUT2D eigenvalue weighted by molar-refractivity contribution is 8.93. The summed E-state index contributed by atoms with van der Waals surface area (Å²) in [6.45, 7) is 2.64. The van der Waals surface area contributed by atoms with E-state index in [2.05, 4.69) is 25.9 Å². The van der Waals surface area contributed by atoms with Crippen molar-refractivity contribution in [2.75, 3.05) is 13.1 Å². The molecule has 5 nitrogen and oxygen atoms in total. The molecule has 2 heterocycles. The SMILES string of the molecule is Br.NCCCCN(Cc1ncc[nH]1)C1CCCc2cccnc21. The average Bonchev–Trinajstić information content (AvgIpc) is 3.07. The second-order valence-corrected chi connectivity index (χ2v) is 5.96. The van der Waals surface area contributed by atoms with Crippen LogP contribution in [0.3, 0.4) is 0 Å². The number of aromatic nitrogens is 3. The highest BCUT2D eigenvalue weighted by Gasteiger charge is 2.27. The van der Waals surface area contributed by atoms with Crippen molar-refractivity contribution in [3.63, 3.8) is 0 Å². The Balaban J connectivity index is 0.00000192. The minimum atomic E-state index is 0. The first kappa shape index (κ1) is 18.1. The van der Waals surface area contributed by atoms with E-state index in [9.17, 15) is 0 Å². The molecule has 0 saturated carbocycles. The number of H-pyrrole nitrogens is 1. The first-order chi connectivity index (χ1) is 10.9. The lowest BCUT2D eigenvalue weighted by Crippen LogP contribution is -2.33. The number of unbranched alkanes of at least 4 members (excludes halogenated alkanes) is 1. The summed E-state index contributed by atoms with van der Waals surface area (Å²) >= 11 is 0. The Kier molecular flexibility index (Phi) is 7.20. The summed E-state index contributed by atoms with van der Waals surface area (Å²) in [4.78, 5) is 14.8. The number of imidazole rings is 1. The van der Waals surface area contributed by atoms with Crippen molar-refractivity contribution in [2.24, 2.45) is 5.73 Å². The molecule has 3 N–H and O–H groups in total. The second-order valence-electron chi connectivity index (χ2n) is 5.96. The number of hydrogen-bond donors (Lipinski definition) is 2. The van der Waals surface area contributed by atoms with Gasteiger partial charge in [-0.3, -0.25) is 9.88 Å². The standard InChI is InChI=1S/C17H25N5.BrH/c18-8-1-2-12-22(13-16-19-10-11-20-16)15-7-3-5-14-6-4-9-21-17(14)15;/h4,6,9-11,15H,1-3,5,7-8,12-13,18H2,(H,19,20);1H. The van der Waals surface area contributed by atoms with Crippen LogP contribution in [0.4, 0.5) is 0 Å².